The van der Waals surface area contributed by atoms with E-state index in [0.717, 1.165) is 24.3 Å². The molecule has 2 fully saturated rings. The average Bonchev–Trinajstić information content (AvgIpc) is 2.37. The molecule has 1 aromatic rings. The molecule has 3 heteroatoms. The van der Waals surface area contributed by atoms with E-state index in [-0.39, 0.29) is 0 Å². The zero-order valence-corrected chi connectivity index (χ0v) is 12.1. The van der Waals surface area contributed by atoms with Crippen LogP contribution < -0.4 is 5.32 Å². The Hall–Kier alpha value is -0.930. The summed E-state index contributed by atoms with van der Waals surface area (Å²) in [6.45, 7) is 2.97. The first kappa shape index (κ1) is 13.1. The summed E-state index contributed by atoms with van der Waals surface area (Å²) in [7, 11) is 2.31. The van der Waals surface area contributed by atoms with Crippen LogP contribution >= 0.6 is 0 Å². The van der Waals surface area contributed by atoms with Crippen LogP contribution in [-0.2, 0) is 6.54 Å². The first-order chi connectivity index (χ1) is 9.22. The fourth-order valence-electron chi connectivity index (χ4n) is 3.73. The molecular weight excluding hydrogens is 234 g/mol. The molecule has 0 aliphatic carbocycles. The molecule has 2 unspecified atom stereocenters. The van der Waals surface area contributed by atoms with Crippen LogP contribution in [0.3, 0.4) is 0 Å². The fourth-order valence-corrected chi connectivity index (χ4v) is 3.73. The summed E-state index contributed by atoms with van der Waals surface area (Å²) in [6, 6.07) is 8.56. The van der Waals surface area contributed by atoms with Crippen LogP contribution in [0.4, 0.5) is 0 Å². The third-order valence-corrected chi connectivity index (χ3v) is 4.86. The highest BCUT2D eigenvalue weighted by Crippen LogP contribution is 2.32. The van der Waals surface area contributed by atoms with E-state index < -0.39 is 0 Å². The van der Waals surface area contributed by atoms with Gasteiger partial charge in [-0.15, -0.1) is 0 Å². The molecule has 0 spiro atoms. The van der Waals surface area contributed by atoms with Crippen molar-refractivity contribution in [1.82, 2.24) is 15.2 Å². The van der Waals surface area contributed by atoms with Gasteiger partial charge in [-0.05, 0) is 51.8 Å². The van der Waals surface area contributed by atoms with E-state index in [2.05, 4.69) is 47.4 Å². The molecule has 3 heterocycles. The SMILES string of the molecule is Cc1cccc(CNC2CC3CCCC(C2)N3C)n1. The number of pyridine rings is 1. The van der Waals surface area contributed by atoms with Gasteiger partial charge in [0.15, 0.2) is 0 Å². The van der Waals surface area contributed by atoms with Crippen molar-refractivity contribution in [2.75, 3.05) is 7.05 Å². The van der Waals surface area contributed by atoms with Crippen LogP contribution in [0.1, 0.15) is 43.5 Å². The Bertz CT molecular complexity index is 418. The van der Waals surface area contributed by atoms with Crippen LogP contribution in [0.5, 0.6) is 0 Å². The van der Waals surface area contributed by atoms with Crippen LogP contribution in [0.2, 0.25) is 0 Å². The number of piperidine rings is 2. The molecule has 1 N–H and O–H groups in total. The molecule has 2 atom stereocenters. The van der Waals surface area contributed by atoms with E-state index in [1.807, 2.05) is 0 Å². The minimum atomic E-state index is 0.675. The molecule has 0 aromatic carbocycles. The van der Waals surface area contributed by atoms with Gasteiger partial charge in [-0.2, -0.15) is 0 Å². The summed E-state index contributed by atoms with van der Waals surface area (Å²) in [5.41, 5.74) is 2.28. The molecule has 19 heavy (non-hydrogen) atoms. The maximum atomic E-state index is 4.57. The van der Waals surface area contributed by atoms with Crippen molar-refractivity contribution in [3.8, 4) is 0 Å². The second-order valence-electron chi connectivity index (χ2n) is 6.22. The van der Waals surface area contributed by atoms with Crippen molar-refractivity contribution in [3.63, 3.8) is 0 Å². The number of nitrogens with zero attached hydrogens (tertiary/aromatic N) is 2. The third kappa shape index (κ3) is 2.98. The summed E-state index contributed by atoms with van der Waals surface area (Å²) in [5.74, 6) is 0. The van der Waals surface area contributed by atoms with E-state index in [9.17, 15) is 0 Å². The van der Waals surface area contributed by atoms with Gasteiger partial charge in [-0.3, -0.25) is 4.98 Å². The van der Waals surface area contributed by atoms with Crippen molar-refractivity contribution in [2.24, 2.45) is 0 Å². The molecule has 1 aromatic heterocycles. The fraction of sp³-hybridized carbons (Fsp3) is 0.688. The summed E-state index contributed by atoms with van der Waals surface area (Å²) in [5, 5.41) is 3.73. The van der Waals surface area contributed by atoms with Gasteiger partial charge in [0.2, 0.25) is 0 Å². The van der Waals surface area contributed by atoms with E-state index in [0.29, 0.717) is 6.04 Å². The number of hydrogen-bond donors (Lipinski definition) is 1. The van der Waals surface area contributed by atoms with Gasteiger partial charge in [-0.1, -0.05) is 12.5 Å². The van der Waals surface area contributed by atoms with Crippen molar-refractivity contribution >= 4 is 0 Å². The number of hydrogen-bond acceptors (Lipinski definition) is 3. The lowest BCUT2D eigenvalue weighted by atomic mass is 9.82. The smallest absolute Gasteiger partial charge is 0.0544 e. The summed E-state index contributed by atoms with van der Waals surface area (Å²) in [4.78, 5) is 7.19. The highest BCUT2D eigenvalue weighted by atomic mass is 15.2. The first-order valence-electron chi connectivity index (χ1n) is 7.60. The normalized spacial score (nSPS) is 31.4. The van der Waals surface area contributed by atoms with Crippen LogP contribution in [0, 0.1) is 6.92 Å². The van der Waals surface area contributed by atoms with Gasteiger partial charge in [0.25, 0.3) is 0 Å². The Labute approximate surface area is 116 Å². The first-order valence-corrected chi connectivity index (χ1v) is 7.60. The Balaban J connectivity index is 1.56. The van der Waals surface area contributed by atoms with Gasteiger partial charge in [0.05, 0.1) is 5.69 Å². The maximum Gasteiger partial charge on any atom is 0.0544 e. The average molecular weight is 259 g/mol. The van der Waals surface area contributed by atoms with Gasteiger partial charge >= 0.3 is 0 Å². The largest absolute Gasteiger partial charge is 0.308 e. The second-order valence-corrected chi connectivity index (χ2v) is 6.22. The summed E-state index contributed by atoms with van der Waals surface area (Å²) < 4.78 is 0. The van der Waals surface area contributed by atoms with Crippen molar-refractivity contribution in [2.45, 2.75) is 63.7 Å². The lowest BCUT2D eigenvalue weighted by Gasteiger charge is -2.47. The summed E-state index contributed by atoms with van der Waals surface area (Å²) >= 11 is 0. The van der Waals surface area contributed by atoms with Gasteiger partial charge in [0.1, 0.15) is 0 Å². The summed E-state index contributed by atoms with van der Waals surface area (Å²) in [6.07, 6.45) is 6.80. The van der Waals surface area contributed by atoms with Crippen LogP contribution in [0.15, 0.2) is 18.2 Å². The second kappa shape index (κ2) is 5.59. The molecule has 2 aliphatic heterocycles. The standard InChI is InChI=1S/C16H25N3/c1-12-5-3-6-13(18-12)11-17-14-9-15-7-4-8-16(10-14)19(15)2/h3,5-6,14-17H,4,7-11H2,1-2H3. The van der Waals surface area contributed by atoms with E-state index in [4.69, 9.17) is 0 Å². The lowest BCUT2D eigenvalue weighted by Crippen LogP contribution is -2.54. The number of nitrogens with one attached hydrogen (secondary N) is 1. The quantitative estimate of drug-likeness (QED) is 0.904. The minimum absolute atomic E-state index is 0.675. The molecule has 104 valence electrons. The van der Waals surface area contributed by atoms with Crippen LogP contribution in [-0.4, -0.2) is 35.1 Å². The van der Waals surface area contributed by atoms with Crippen LogP contribution in [0.25, 0.3) is 0 Å². The molecule has 0 saturated carbocycles. The molecule has 3 rings (SSSR count). The molecule has 0 radical (unpaired) electrons. The molecular formula is C16H25N3. The monoisotopic (exact) mass is 259 g/mol. The maximum absolute atomic E-state index is 4.57. The number of fused-ring (bicyclic) bond motifs is 2. The van der Waals surface area contributed by atoms with Crippen molar-refractivity contribution in [3.05, 3.63) is 29.6 Å². The highest BCUT2D eigenvalue weighted by molar-refractivity contribution is 5.10. The zero-order valence-electron chi connectivity index (χ0n) is 12.1. The lowest BCUT2D eigenvalue weighted by molar-refractivity contribution is 0.0481. The topological polar surface area (TPSA) is 28.2 Å². The number of rotatable bonds is 3. The van der Waals surface area contributed by atoms with Gasteiger partial charge in [-0.25, -0.2) is 0 Å². The molecule has 2 aliphatic rings. The Kier molecular flexibility index (Phi) is 3.85. The molecule has 0 amide bonds. The van der Waals surface area contributed by atoms with E-state index in [1.165, 1.54) is 37.8 Å². The predicted molar refractivity (Wildman–Crippen MR) is 78.0 cm³/mol. The zero-order chi connectivity index (χ0) is 13.2. The predicted octanol–water partition coefficient (Wildman–Crippen LogP) is 2.49. The Morgan fingerprint density at radius 2 is 2.00 bits per heavy atom. The highest BCUT2D eigenvalue weighted by Gasteiger charge is 2.35. The third-order valence-electron chi connectivity index (χ3n) is 4.86. The van der Waals surface area contributed by atoms with Gasteiger partial charge < -0.3 is 10.2 Å². The van der Waals surface area contributed by atoms with Crippen molar-refractivity contribution in [1.29, 1.82) is 0 Å². The molecule has 2 bridgehead atoms. The molecule has 2 saturated heterocycles. The minimum Gasteiger partial charge on any atom is -0.308 e. The Morgan fingerprint density at radius 1 is 1.26 bits per heavy atom. The number of aryl methyl sites for hydroxylation is 1. The number of aromatic nitrogens is 1. The van der Waals surface area contributed by atoms with E-state index in [1.54, 1.807) is 0 Å². The Morgan fingerprint density at radius 3 is 2.68 bits per heavy atom. The van der Waals surface area contributed by atoms with Crippen molar-refractivity contribution < 1.29 is 0 Å². The molecule has 3 nitrogen and oxygen atoms in total. The van der Waals surface area contributed by atoms with Gasteiger partial charge in [0, 0.05) is 30.4 Å². The van der Waals surface area contributed by atoms with E-state index >= 15 is 0 Å².